The second kappa shape index (κ2) is 5.39. The molecule has 0 spiro atoms. The highest BCUT2D eigenvalue weighted by Crippen LogP contribution is 2.25. The molecule has 0 aliphatic carbocycles. The lowest BCUT2D eigenvalue weighted by atomic mass is 10.1. The molecule has 0 saturated carbocycles. The third-order valence-corrected chi connectivity index (χ3v) is 2.23. The summed E-state index contributed by atoms with van der Waals surface area (Å²) in [6, 6.07) is 5.94. The Labute approximate surface area is 91.0 Å². The van der Waals surface area contributed by atoms with Gasteiger partial charge in [0.05, 0.1) is 6.61 Å². The Morgan fingerprint density at radius 3 is 2.80 bits per heavy atom. The van der Waals surface area contributed by atoms with Crippen LogP contribution >= 0.6 is 0 Å². The number of fused-ring (bicyclic) bond motifs is 1. The Hall–Kier alpha value is -1.51. The van der Waals surface area contributed by atoms with Crippen molar-refractivity contribution < 1.29 is 4.74 Å². The summed E-state index contributed by atoms with van der Waals surface area (Å²) < 4.78 is 5.39. The lowest BCUT2D eigenvalue weighted by molar-refractivity contribution is 0.357. The zero-order chi connectivity index (χ0) is 11.3. The van der Waals surface area contributed by atoms with E-state index in [0.717, 1.165) is 24.3 Å². The molecule has 82 valence electrons. The number of amidine groups is 1. The predicted octanol–water partition coefficient (Wildman–Crippen LogP) is 1.98. The van der Waals surface area contributed by atoms with Crippen LogP contribution in [0.3, 0.4) is 0 Å². The maximum absolute atomic E-state index is 5.70. The number of benzene rings is 1. The molecule has 2 N–H and O–H groups in total. The van der Waals surface area contributed by atoms with Crippen molar-refractivity contribution in [1.29, 1.82) is 0 Å². The highest BCUT2D eigenvalue weighted by atomic mass is 16.5. The molecule has 0 amide bonds. The number of aliphatic imine (C=N–C) groups is 1. The minimum absolute atomic E-state index is 0.578. The summed E-state index contributed by atoms with van der Waals surface area (Å²) in [5, 5.41) is 0. The number of nitrogens with two attached hydrogens (primary N) is 1. The van der Waals surface area contributed by atoms with Crippen molar-refractivity contribution in [3.8, 4) is 5.75 Å². The SMILES string of the molecule is CC.CN=C(N)c1ccc2c(c1)CCO2. The van der Waals surface area contributed by atoms with E-state index in [1.807, 2.05) is 32.0 Å². The molecule has 0 saturated heterocycles. The van der Waals surface area contributed by atoms with Gasteiger partial charge in [-0.05, 0) is 23.8 Å². The fourth-order valence-electron chi connectivity index (χ4n) is 1.47. The molecular formula is C12H18N2O. The maximum Gasteiger partial charge on any atom is 0.125 e. The van der Waals surface area contributed by atoms with Crippen LogP contribution in [-0.2, 0) is 6.42 Å². The largest absolute Gasteiger partial charge is 0.493 e. The van der Waals surface area contributed by atoms with E-state index in [2.05, 4.69) is 4.99 Å². The van der Waals surface area contributed by atoms with Gasteiger partial charge in [0.15, 0.2) is 0 Å². The molecule has 0 atom stereocenters. The van der Waals surface area contributed by atoms with Gasteiger partial charge < -0.3 is 10.5 Å². The van der Waals surface area contributed by atoms with E-state index in [0.29, 0.717) is 5.84 Å². The molecule has 1 aromatic carbocycles. The standard InChI is InChI=1S/C10H12N2O.C2H6/c1-12-10(11)8-2-3-9-7(6-8)4-5-13-9;1-2/h2-3,6H,4-5H2,1H3,(H2,11,12);1-2H3. The predicted molar refractivity (Wildman–Crippen MR) is 63.6 cm³/mol. The Kier molecular flexibility index (Phi) is 4.16. The maximum atomic E-state index is 5.70. The van der Waals surface area contributed by atoms with Crippen molar-refractivity contribution in [2.75, 3.05) is 13.7 Å². The van der Waals surface area contributed by atoms with Gasteiger partial charge >= 0.3 is 0 Å². The highest BCUT2D eigenvalue weighted by molar-refractivity contribution is 5.97. The lowest BCUT2D eigenvalue weighted by Crippen LogP contribution is -2.12. The summed E-state index contributed by atoms with van der Waals surface area (Å²) in [5.74, 6) is 1.56. The van der Waals surface area contributed by atoms with E-state index in [9.17, 15) is 0 Å². The van der Waals surface area contributed by atoms with E-state index < -0.39 is 0 Å². The highest BCUT2D eigenvalue weighted by Gasteiger charge is 2.12. The lowest BCUT2D eigenvalue weighted by Gasteiger charge is -2.02. The third kappa shape index (κ3) is 2.49. The van der Waals surface area contributed by atoms with Gasteiger partial charge in [-0.2, -0.15) is 0 Å². The van der Waals surface area contributed by atoms with Gasteiger partial charge in [0.25, 0.3) is 0 Å². The summed E-state index contributed by atoms with van der Waals surface area (Å²) >= 11 is 0. The summed E-state index contributed by atoms with van der Waals surface area (Å²) in [6.07, 6.45) is 0.972. The molecule has 1 aliphatic rings. The molecule has 0 fully saturated rings. The third-order valence-electron chi connectivity index (χ3n) is 2.23. The Morgan fingerprint density at radius 2 is 2.13 bits per heavy atom. The molecule has 1 aromatic rings. The van der Waals surface area contributed by atoms with Crippen LogP contribution in [0.2, 0.25) is 0 Å². The van der Waals surface area contributed by atoms with Crippen molar-refractivity contribution in [3.05, 3.63) is 29.3 Å². The van der Waals surface area contributed by atoms with Crippen molar-refractivity contribution >= 4 is 5.84 Å². The molecule has 3 heteroatoms. The Morgan fingerprint density at radius 1 is 1.40 bits per heavy atom. The monoisotopic (exact) mass is 206 g/mol. The second-order valence-electron chi connectivity index (χ2n) is 3.03. The van der Waals surface area contributed by atoms with E-state index in [1.54, 1.807) is 7.05 Å². The Bertz CT molecular complexity index is 359. The van der Waals surface area contributed by atoms with Crippen molar-refractivity contribution in [2.45, 2.75) is 20.3 Å². The van der Waals surface area contributed by atoms with Gasteiger partial charge in [0.1, 0.15) is 11.6 Å². The van der Waals surface area contributed by atoms with Gasteiger partial charge in [0, 0.05) is 19.0 Å². The molecule has 2 rings (SSSR count). The van der Waals surface area contributed by atoms with Gasteiger partial charge in [-0.15, -0.1) is 0 Å². The van der Waals surface area contributed by atoms with Crippen LogP contribution in [0.5, 0.6) is 5.75 Å². The normalized spacial score (nSPS) is 13.7. The Balaban J connectivity index is 0.000000531. The minimum Gasteiger partial charge on any atom is -0.493 e. The summed E-state index contributed by atoms with van der Waals surface area (Å²) in [6.45, 7) is 4.78. The summed E-state index contributed by atoms with van der Waals surface area (Å²) in [7, 11) is 1.69. The van der Waals surface area contributed by atoms with E-state index in [1.165, 1.54) is 5.56 Å². The van der Waals surface area contributed by atoms with Gasteiger partial charge in [-0.1, -0.05) is 13.8 Å². The molecular weight excluding hydrogens is 188 g/mol. The molecule has 3 nitrogen and oxygen atoms in total. The first-order valence-electron chi connectivity index (χ1n) is 5.29. The smallest absolute Gasteiger partial charge is 0.125 e. The molecule has 15 heavy (non-hydrogen) atoms. The van der Waals surface area contributed by atoms with E-state index >= 15 is 0 Å². The van der Waals surface area contributed by atoms with Crippen LogP contribution in [0.15, 0.2) is 23.2 Å². The van der Waals surface area contributed by atoms with Crippen LogP contribution in [0, 0.1) is 0 Å². The van der Waals surface area contributed by atoms with Crippen LogP contribution in [0.25, 0.3) is 0 Å². The van der Waals surface area contributed by atoms with Gasteiger partial charge in [0.2, 0.25) is 0 Å². The fraction of sp³-hybridized carbons (Fsp3) is 0.417. The van der Waals surface area contributed by atoms with E-state index in [-0.39, 0.29) is 0 Å². The van der Waals surface area contributed by atoms with Crippen molar-refractivity contribution in [1.82, 2.24) is 0 Å². The van der Waals surface area contributed by atoms with Crippen molar-refractivity contribution in [2.24, 2.45) is 10.7 Å². The molecule has 0 unspecified atom stereocenters. The van der Waals surface area contributed by atoms with Crippen LogP contribution in [-0.4, -0.2) is 19.5 Å². The minimum atomic E-state index is 0.578. The van der Waals surface area contributed by atoms with Crippen LogP contribution in [0.1, 0.15) is 25.0 Å². The molecule has 0 bridgehead atoms. The second-order valence-corrected chi connectivity index (χ2v) is 3.03. The molecule has 1 aliphatic heterocycles. The molecule has 0 radical (unpaired) electrons. The number of nitrogens with zero attached hydrogens (tertiary/aromatic N) is 1. The summed E-state index contributed by atoms with van der Waals surface area (Å²) in [5.41, 5.74) is 7.90. The number of hydrogen-bond donors (Lipinski definition) is 1. The summed E-state index contributed by atoms with van der Waals surface area (Å²) in [4.78, 5) is 3.94. The number of hydrogen-bond acceptors (Lipinski definition) is 2. The molecule has 1 heterocycles. The number of ether oxygens (including phenoxy) is 1. The average molecular weight is 206 g/mol. The van der Waals surface area contributed by atoms with Crippen molar-refractivity contribution in [3.63, 3.8) is 0 Å². The zero-order valence-corrected chi connectivity index (χ0v) is 9.58. The first kappa shape index (κ1) is 11.6. The zero-order valence-electron chi connectivity index (χ0n) is 9.58. The number of rotatable bonds is 1. The quantitative estimate of drug-likeness (QED) is 0.564. The van der Waals surface area contributed by atoms with Gasteiger partial charge in [-0.25, -0.2) is 0 Å². The first-order chi connectivity index (χ1) is 7.31. The fourth-order valence-corrected chi connectivity index (χ4v) is 1.47. The van der Waals surface area contributed by atoms with Crippen LogP contribution < -0.4 is 10.5 Å². The average Bonchev–Trinajstić information content (AvgIpc) is 2.77. The van der Waals surface area contributed by atoms with E-state index in [4.69, 9.17) is 10.5 Å². The van der Waals surface area contributed by atoms with Crippen LogP contribution in [0.4, 0.5) is 0 Å². The topological polar surface area (TPSA) is 47.6 Å². The molecule has 0 aromatic heterocycles. The first-order valence-corrected chi connectivity index (χ1v) is 5.29. The van der Waals surface area contributed by atoms with Gasteiger partial charge in [-0.3, -0.25) is 4.99 Å².